The fourth-order valence-corrected chi connectivity index (χ4v) is 5.10. The molecule has 0 spiro atoms. The SMILES string of the molecule is Cc1cccc(-c2nc(S(=O)(=O)c3ccc(Br)cc3)c(N3CCC(C)CC3)o2)c1. The fourth-order valence-electron chi connectivity index (χ4n) is 3.51. The van der Waals surface area contributed by atoms with Crippen molar-refractivity contribution in [1.82, 2.24) is 4.98 Å². The molecule has 29 heavy (non-hydrogen) atoms. The van der Waals surface area contributed by atoms with E-state index in [0.717, 1.165) is 41.5 Å². The van der Waals surface area contributed by atoms with Crippen molar-refractivity contribution in [3.05, 3.63) is 58.6 Å². The van der Waals surface area contributed by atoms with Gasteiger partial charge in [-0.1, -0.05) is 40.5 Å². The summed E-state index contributed by atoms with van der Waals surface area (Å²) in [6.07, 6.45) is 2.00. The van der Waals surface area contributed by atoms with Gasteiger partial charge in [-0.25, -0.2) is 8.42 Å². The second kappa shape index (κ2) is 7.95. The van der Waals surface area contributed by atoms with Crippen LogP contribution in [0.1, 0.15) is 25.3 Å². The van der Waals surface area contributed by atoms with E-state index in [0.29, 0.717) is 17.7 Å². The maximum Gasteiger partial charge on any atom is 0.236 e. The largest absolute Gasteiger partial charge is 0.419 e. The highest BCUT2D eigenvalue weighted by Crippen LogP contribution is 2.36. The first-order valence-corrected chi connectivity index (χ1v) is 12.0. The van der Waals surface area contributed by atoms with Gasteiger partial charge in [-0.15, -0.1) is 0 Å². The molecule has 1 fully saturated rings. The standard InChI is InChI=1S/C22H23BrN2O3S/c1-15-10-12-25(13-11-15)22-21(29(26,27)19-8-6-18(23)7-9-19)24-20(28-22)17-5-3-4-16(2)14-17/h3-9,14-15H,10-13H2,1-2H3. The first kappa shape index (κ1) is 20.2. The predicted molar refractivity (Wildman–Crippen MR) is 117 cm³/mol. The van der Waals surface area contributed by atoms with Crippen LogP contribution < -0.4 is 4.90 Å². The molecule has 5 nitrogen and oxygen atoms in total. The Morgan fingerprint density at radius 3 is 2.45 bits per heavy atom. The van der Waals surface area contributed by atoms with Gasteiger partial charge in [0, 0.05) is 23.1 Å². The van der Waals surface area contributed by atoms with Crippen molar-refractivity contribution in [2.75, 3.05) is 18.0 Å². The predicted octanol–water partition coefficient (Wildman–Crippen LogP) is 5.48. The zero-order valence-corrected chi connectivity index (χ0v) is 18.8. The van der Waals surface area contributed by atoms with E-state index in [2.05, 4.69) is 27.8 Å². The molecular weight excluding hydrogens is 452 g/mol. The summed E-state index contributed by atoms with van der Waals surface area (Å²) in [7, 11) is -3.81. The van der Waals surface area contributed by atoms with Crippen molar-refractivity contribution in [2.24, 2.45) is 5.92 Å². The number of aryl methyl sites for hydroxylation is 1. The van der Waals surface area contributed by atoms with Crippen molar-refractivity contribution in [1.29, 1.82) is 0 Å². The van der Waals surface area contributed by atoms with E-state index < -0.39 is 9.84 Å². The van der Waals surface area contributed by atoms with Crippen LogP contribution in [0.3, 0.4) is 0 Å². The van der Waals surface area contributed by atoms with Crippen LogP contribution in [0, 0.1) is 12.8 Å². The lowest BCUT2D eigenvalue weighted by Crippen LogP contribution is -2.33. The third-order valence-corrected chi connectivity index (χ3v) is 7.49. The number of sulfone groups is 1. The summed E-state index contributed by atoms with van der Waals surface area (Å²) in [6.45, 7) is 5.72. The topological polar surface area (TPSA) is 63.4 Å². The van der Waals surface area contributed by atoms with E-state index >= 15 is 0 Å². The van der Waals surface area contributed by atoms with Gasteiger partial charge in [-0.3, -0.25) is 0 Å². The van der Waals surface area contributed by atoms with Gasteiger partial charge < -0.3 is 9.32 Å². The van der Waals surface area contributed by atoms with Gasteiger partial charge in [0.2, 0.25) is 26.6 Å². The number of halogens is 1. The first-order valence-electron chi connectivity index (χ1n) is 9.68. The molecule has 0 amide bonds. The monoisotopic (exact) mass is 474 g/mol. The molecule has 0 N–H and O–H groups in total. The van der Waals surface area contributed by atoms with Crippen LogP contribution in [0.5, 0.6) is 0 Å². The normalized spacial score (nSPS) is 15.6. The molecule has 0 radical (unpaired) electrons. The molecule has 0 aliphatic carbocycles. The zero-order valence-electron chi connectivity index (χ0n) is 16.4. The molecule has 0 bridgehead atoms. The van der Waals surface area contributed by atoms with Crippen molar-refractivity contribution in [2.45, 2.75) is 36.6 Å². The minimum atomic E-state index is -3.81. The van der Waals surface area contributed by atoms with E-state index in [4.69, 9.17) is 4.42 Å². The molecule has 1 saturated heterocycles. The van der Waals surface area contributed by atoms with Crippen LogP contribution in [0.15, 0.2) is 67.3 Å². The van der Waals surface area contributed by atoms with Gasteiger partial charge >= 0.3 is 0 Å². The Morgan fingerprint density at radius 2 is 1.79 bits per heavy atom. The number of hydrogen-bond donors (Lipinski definition) is 0. The van der Waals surface area contributed by atoms with Gasteiger partial charge in [-0.2, -0.15) is 4.98 Å². The van der Waals surface area contributed by atoms with E-state index in [1.807, 2.05) is 36.1 Å². The smallest absolute Gasteiger partial charge is 0.236 e. The number of oxazole rings is 1. The summed E-state index contributed by atoms with van der Waals surface area (Å²) in [5, 5.41) is -0.00844. The van der Waals surface area contributed by atoms with Crippen LogP contribution in [0.2, 0.25) is 0 Å². The van der Waals surface area contributed by atoms with E-state index in [1.54, 1.807) is 24.3 Å². The molecule has 1 aliphatic rings. The third-order valence-electron chi connectivity index (χ3n) is 5.29. The molecule has 4 rings (SSSR count). The van der Waals surface area contributed by atoms with Crippen molar-refractivity contribution >= 4 is 31.7 Å². The summed E-state index contributed by atoms with van der Waals surface area (Å²) < 4.78 is 33.8. The molecule has 1 aliphatic heterocycles. The molecule has 152 valence electrons. The Kier molecular flexibility index (Phi) is 5.53. The number of piperidine rings is 1. The Hall–Kier alpha value is -2.12. The summed E-state index contributed by atoms with van der Waals surface area (Å²) >= 11 is 3.36. The molecule has 0 unspecified atom stereocenters. The average Bonchev–Trinajstić information content (AvgIpc) is 3.15. The fraction of sp³-hybridized carbons (Fsp3) is 0.318. The lowest BCUT2D eigenvalue weighted by molar-refractivity contribution is 0.415. The summed E-state index contributed by atoms with van der Waals surface area (Å²) in [4.78, 5) is 6.70. The van der Waals surface area contributed by atoms with Crippen LogP contribution in [0.25, 0.3) is 11.5 Å². The summed E-state index contributed by atoms with van der Waals surface area (Å²) in [5.41, 5.74) is 1.83. The van der Waals surface area contributed by atoms with Crippen LogP contribution in [-0.2, 0) is 9.84 Å². The molecule has 2 heterocycles. The zero-order chi connectivity index (χ0) is 20.6. The number of anilines is 1. The van der Waals surface area contributed by atoms with Gasteiger partial charge in [0.1, 0.15) is 0 Å². The Bertz CT molecular complexity index is 1120. The molecule has 1 aromatic heterocycles. The van der Waals surface area contributed by atoms with Gasteiger partial charge in [-0.05, 0) is 62.1 Å². The maximum absolute atomic E-state index is 13.4. The number of nitrogens with zero attached hydrogens (tertiary/aromatic N) is 2. The summed E-state index contributed by atoms with van der Waals surface area (Å²) in [5.74, 6) is 1.30. The van der Waals surface area contributed by atoms with E-state index in [1.165, 1.54) is 0 Å². The van der Waals surface area contributed by atoms with E-state index in [9.17, 15) is 8.42 Å². The minimum absolute atomic E-state index is 0.00844. The highest BCUT2D eigenvalue weighted by molar-refractivity contribution is 9.10. The Morgan fingerprint density at radius 1 is 1.10 bits per heavy atom. The lowest BCUT2D eigenvalue weighted by Gasteiger charge is -2.30. The lowest BCUT2D eigenvalue weighted by atomic mass is 9.99. The number of hydrogen-bond acceptors (Lipinski definition) is 5. The molecule has 3 aromatic rings. The summed E-state index contributed by atoms with van der Waals surface area (Å²) in [6, 6.07) is 14.3. The molecule has 0 atom stereocenters. The molecular formula is C22H23BrN2O3S. The highest BCUT2D eigenvalue weighted by Gasteiger charge is 2.32. The van der Waals surface area contributed by atoms with Crippen molar-refractivity contribution < 1.29 is 12.8 Å². The number of aromatic nitrogens is 1. The number of rotatable bonds is 4. The quantitative estimate of drug-likeness (QED) is 0.500. The second-order valence-electron chi connectivity index (χ2n) is 7.63. The van der Waals surface area contributed by atoms with Gasteiger partial charge in [0.05, 0.1) is 4.90 Å². The maximum atomic E-state index is 13.4. The molecule has 2 aromatic carbocycles. The first-order chi connectivity index (χ1) is 13.8. The van der Waals surface area contributed by atoms with Crippen molar-refractivity contribution in [3.63, 3.8) is 0 Å². The Labute approximate surface area is 179 Å². The molecule has 0 saturated carbocycles. The highest BCUT2D eigenvalue weighted by atomic mass is 79.9. The molecule has 7 heteroatoms. The number of benzene rings is 2. The van der Waals surface area contributed by atoms with Crippen molar-refractivity contribution in [3.8, 4) is 11.5 Å². The van der Waals surface area contributed by atoms with Crippen LogP contribution in [0.4, 0.5) is 5.88 Å². The van der Waals surface area contributed by atoms with Gasteiger partial charge in [0.25, 0.3) is 0 Å². The third kappa shape index (κ3) is 4.12. The second-order valence-corrected chi connectivity index (χ2v) is 10.4. The minimum Gasteiger partial charge on any atom is -0.419 e. The van der Waals surface area contributed by atoms with Gasteiger partial charge in [0.15, 0.2) is 0 Å². The van der Waals surface area contributed by atoms with Crippen LogP contribution in [-0.4, -0.2) is 26.5 Å². The Balaban J connectivity index is 1.83. The average molecular weight is 475 g/mol. The van der Waals surface area contributed by atoms with Crippen LogP contribution >= 0.6 is 15.9 Å². The van der Waals surface area contributed by atoms with E-state index in [-0.39, 0.29) is 9.92 Å².